The molecule has 5 heteroatoms. The SMILES string of the molecule is Cc1cccc(NC(=O)CC(=O)N2CCC(O)(c3ccccc3)CC2)c1C. The number of aryl methyl sites for hydroxylation is 1. The van der Waals surface area contributed by atoms with Gasteiger partial charge in [0.1, 0.15) is 6.42 Å². The molecular formula is C22H26N2O3. The number of rotatable bonds is 4. The van der Waals surface area contributed by atoms with Gasteiger partial charge in [-0.05, 0) is 49.4 Å². The van der Waals surface area contributed by atoms with Gasteiger partial charge < -0.3 is 15.3 Å². The summed E-state index contributed by atoms with van der Waals surface area (Å²) in [5.74, 6) is -0.509. The molecule has 5 nitrogen and oxygen atoms in total. The van der Waals surface area contributed by atoms with E-state index < -0.39 is 5.60 Å². The first-order valence-corrected chi connectivity index (χ1v) is 9.31. The van der Waals surface area contributed by atoms with Crippen molar-refractivity contribution in [1.29, 1.82) is 0 Å². The first kappa shape index (κ1) is 19.1. The fraction of sp³-hybridized carbons (Fsp3) is 0.364. The van der Waals surface area contributed by atoms with E-state index in [0.717, 1.165) is 22.4 Å². The van der Waals surface area contributed by atoms with Gasteiger partial charge in [-0.3, -0.25) is 9.59 Å². The number of likely N-dealkylation sites (tertiary alicyclic amines) is 1. The van der Waals surface area contributed by atoms with Crippen LogP contribution in [0.1, 0.15) is 36.0 Å². The van der Waals surface area contributed by atoms with Crippen LogP contribution in [0.4, 0.5) is 5.69 Å². The molecule has 1 aliphatic rings. The van der Waals surface area contributed by atoms with Crippen LogP contribution in [0.25, 0.3) is 0 Å². The second kappa shape index (κ2) is 7.92. The molecule has 27 heavy (non-hydrogen) atoms. The van der Waals surface area contributed by atoms with Crippen LogP contribution in [0.3, 0.4) is 0 Å². The monoisotopic (exact) mass is 366 g/mol. The van der Waals surface area contributed by atoms with Crippen molar-refractivity contribution in [3.05, 3.63) is 65.2 Å². The molecule has 0 atom stereocenters. The van der Waals surface area contributed by atoms with Crippen LogP contribution in [-0.4, -0.2) is 34.9 Å². The molecule has 1 fully saturated rings. The van der Waals surface area contributed by atoms with Crippen LogP contribution < -0.4 is 5.32 Å². The smallest absolute Gasteiger partial charge is 0.233 e. The summed E-state index contributed by atoms with van der Waals surface area (Å²) < 4.78 is 0. The van der Waals surface area contributed by atoms with Crippen LogP contribution in [0.2, 0.25) is 0 Å². The van der Waals surface area contributed by atoms with Gasteiger partial charge in [0.25, 0.3) is 0 Å². The minimum Gasteiger partial charge on any atom is -0.385 e. The largest absolute Gasteiger partial charge is 0.385 e. The molecule has 1 aliphatic heterocycles. The van der Waals surface area contributed by atoms with Crippen LogP contribution in [0.5, 0.6) is 0 Å². The molecule has 2 aromatic carbocycles. The van der Waals surface area contributed by atoms with Gasteiger partial charge in [-0.25, -0.2) is 0 Å². The molecule has 0 aromatic heterocycles. The van der Waals surface area contributed by atoms with Crippen LogP contribution in [-0.2, 0) is 15.2 Å². The van der Waals surface area contributed by atoms with Gasteiger partial charge in [0, 0.05) is 18.8 Å². The Labute approximate surface area is 160 Å². The first-order valence-electron chi connectivity index (χ1n) is 9.31. The number of nitrogens with one attached hydrogen (secondary N) is 1. The third-order valence-electron chi connectivity index (χ3n) is 5.44. The summed E-state index contributed by atoms with van der Waals surface area (Å²) >= 11 is 0. The van der Waals surface area contributed by atoms with Gasteiger partial charge in [0.2, 0.25) is 11.8 Å². The number of carbonyl (C=O) groups excluding carboxylic acids is 2. The van der Waals surface area contributed by atoms with E-state index >= 15 is 0 Å². The van der Waals surface area contributed by atoms with Gasteiger partial charge >= 0.3 is 0 Å². The molecule has 2 N–H and O–H groups in total. The van der Waals surface area contributed by atoms with E-state index in [-0.39, 0.29) is 18.2 Å². The van der Waals surface area contributed by atoms with E-state index in [1.54, 1.807) is 4.90 Å². The lowest BCUT2D eigenvalue weighted by molar-refractivity contribution is -0.138. The third-order valence-corrected chi connectivity index (χ3v) is 5.44. The Morgan fingerprint density at radius 3 is 2.37 bits per heavy atom. The minimum absolute atomic E-state index is 0.183. The maximum atomic E-state index is 12.5. The molecule has 0 spiro atoms. The summed E-state index contributed by atoms with van der Waals surface area (Å²) in [5, 5.41) is 13.7. The topological polar surface area (TPSA) is 69.6 Å². The van der Waals surface area contributed by atoms with Gasteiger partial charge in [0.05, 0.1) is 5.60 Å². The molecule has 0 saturated carbocycles. The van der Waals surface area contributed by atoms with E-state index in [1.165, 1.54) is 0 Å². The molecular weight excluding hydrogens is 340 g/mol. The highest BCUT2D eigenvalue weighted by atomic mass is 16.3. The number of aliphatic hydroxyl groups is 1. The molecule has 0 radical (unpaired) electrons. The zero-order valence-corrected chi connectivity index (χ0v) is 15.9. The fourth-order valence-electron chi connectivity index (χ4n) is 3.49. The number of amides is 2. The van der Waals surface area contributed by atoms with Crippen molar-refractivity contribution in [2.45, 2.75) is 38.7 Å². The Kier molecular flexibility index (Phi) is 5.61. The summed E-state index contributed by atoms with van der Waals surface area (Å²) in [6.07, 6.45) is 0.764. The predicted molar refractivity (Wildman–Crippen MR) is 105 cm³/mol. The number of nitrogens with zero attached hydrogens (tertiary/aromatic N) is 1. The molecule has 142 valence electrons. The lowest BCUT2D eigenvalue weighted by Gasteiger charge is -2.38. The summed E-state index contributed by atoms with van der Waals surface area (Å²) in [7, 11) is 0. The maximum absolute atomic E-state index is 12.5. The Bertz CT molecular complexity index is 825. The number of benzene rings is 2. The number of carbonyl (C=O) groups is 2. The quantitative estimate of drug-likeness (QED) is 0.817. The highest BCUT2D eigenvalue weighted by Crippen LogP contribution is 2.32. The average molecular weight is 366 g/mol. The van der Waals surface area contributed by atoms with Crippen molar-refractivity contribution in [1.82, 2.24) is 4.90 Å². The standard InChI is InChI=1S/C22H26N2O3/c1-16-7-6-10-19(17(16)2)23-20(25)15-21(26)24-13-11-22(27,12-14-24)18-8-4-3-5-9-18/h3-10,27H,11-15H2,1-2H3,(H,23,25). The summed E-state index contributed by atoms with van der Waals surface area (Å²) in [5.41, 5.74) is 2.81. The van der Waals surface area contributed by atoms with Crippen molar-refractivity contribution < 1.29 is 14.7 Å². The van der Waals surface area contributed by atoms with E-state index in [4.69, 9.17) is 0 Å². The second-order valence-corrected chi connectivity index (χ2v) is 7.25. The van der Waals surface area contributed by atoms with Gasteiger partial charge in [-0.2, -0.15) is 0 Å². The highest BCUT2D eigenvalue weighted by Gasteiger charge is 2.35. The van der Waals surface area contributed by atoms with Gasteiger partial charge in [-0.1, -0.05) is 42.5 Å². The molecule has 2 aromatic rings. The molecule has 0 aliphatic carbocycles. The third kappa shape index (κ3) is 4.37. The van der Waals surface area contributed by atoms with Crippen LogP contribution in [0, 0.1) is 13.8 Å². The fourth-order valence-corrected chi connectivity index (χ4v) is 3.49. The van der Waals surface area contributed by atoms with E-state index in [1.807, 2.05) is 62.4 Å². The highest BCUT2D eigenvalue weighted by molar-refractivity contribution is 6.03. The van der Waals surface area contributed by atoms with Crippen LogP contribution >= 0.6 is 0 Å². The zero-order valence-electron chi connectivity index (χ0n) is 15.9. The van der Waals surface area contributed by atoms with Crippen molar-refractivity contribution >= 4 is 17.5 Å². The van der Waals surface area contributed by atoms with Crippen molar-refractivity contribution in [2.24, 2.45) is 0 Å². The lowest BCUT2D eigenvalue weighted by Crippen LogP contribution is -2.45. The van der Waals surface area contributed by atoms with Gasteiger partial charge in [0.15, 0.2) is 0 Å². The van der Waals surface area contributed by atoms with Crippen molar-refractivity contribution in [3.63, 3.8) is 0 Å². The molecule has 0 bridgehead atoms. The van der Waals surface area contributed by atoms with E-state index in [9.17, 15) is 14.7 Å². The Hall–Kier alpha value is -2.66. The Morgan fingerprint density at radius 1 is 1.04 bits per heavy atom. The number of anilines is 1. The molecule has 2 amide bonds. The van der Waals surface area contributed by atoms with E-state index in [2.05, 4.69) is 5.32 Å². The van der Waals surface area contributed by atoms with Crippen molar-refractivity contribution in [2.75, 3.05) is 18.4 Å². The first-order chi connectivity index (χ1) is 12.9. The number of hydrogen-bond acceptors (Lipinski definition) is 3. The normalized spacial score (nSPS) is 16.0. The Morgan fingerprint density at radius 2 is 1.70 bits per heavy atom. The molecule has 1 saturated heterocycles. The van der Waals surface area contributed by atoms with Gasteiger partial charge in [-0.15, -0.1) is 0 Å². The Balaban J connectivity index is 1.55. The lowest BCUT2D eigenvalue weighted by atomic mass is 9.84. The number of hydrogen-bond donors (Lipinski definition) is 2. The molecule has 1 heterocycles. The summed E-state index contributed by atoms with van der Waals surface area (Å²) in [4.78, 5) is 26.4. The summed E-state index contributed by atoms with van der Waals surface area (Å²) in [6.45, 7) is 4.82. The second-order valence-electron chi connectivity index (χ2n) is 7.25. The van der Waals surface area contributed by atoms with Crippen LogP contribution in [0.15, 0.2) is 48.5 Å². The number of piperidine rings is 1. The molecule has 3 rings (SSSR count). The average Bonchev–Trinajstić information content (AvgIpc) is 2.66. The zero-order chi connectivity index (χ0) is 19.4. The molecule has 0 unspecified atom stereocenters. The van der Waals surface area contributed by atoms with Crippen molar-refractivity contribution in [3.8, 4) is 0 Å². The predicted octanol–water partition coefficient (Wildman–Crippen LogP) is 3.14. The summed E-state index contributed by atoms with van der Waals surface area (Å²) in [6, 6.07) is 15.3. The van der Waals surface area contributed by atoms with E-state index in [0.29, 0.717) is 25.9 Å². The minimum atomic E-state index is -0.904. The maximum Gasteiger partial charge on any atom is 0.233 e.